The molecule has 3 N–H and O–H groups in total. The molecule has 0 fully saturated rings. The Morgan fingerprint density at radius 1 is 1.18 bits per heavy atom. The van der Waals surface area contributed by atoms with Crippen LogP contribution in [0.15, 0.2) is 18.2 Å². The summed E-state index contributed by atoms with van der Waals surface area (Å²) in [4.78, 5) is 23.3. The minimum absolute atomic E-state index is 0.0691. The van der Waals surface area contributed by atoms with Gasteiger partial charge in [-0.3, -0.25) is 9.59 Å². The quantitative estimate of drug-likeness (QED) is 0.711. The lowest BCUT2D eigenvalue weighted by atomic mass is 9.98. The number of hydrogen-bond acceptors (Lipinski definition) is 3. The SMILES string of the molecule is CCC(O)(CC)CNC(=O)CNC(=O)c1ccc(F)cc1F. The van der Waals surface area contributed by atoms with Crippen LogP contribution in [-0.2, 0) is 4.79 Å². The van der Waals surface area contributed by atoms with Crippen LogP contribution < -0.4 is 10.6 Å². The van der Waals surface area contributed by atoms with E-state index in [1.54, 1.807) is 13.8 Å². The van der Waals surface area contributed by atoms with Crippen LogP contribution in [0, 0.1) is 11.6 Å². The second-order valence-electron chi connectivity index (χ2n) is 5.02. The third-order valence-corrected chi connectivity index (χ3v) is 3.52. The van der Waals surface area contributed by atoms with E-state index >= 15 is 0 Å². The fourth-order valence-corrected chi connectivity index (χ4v) is 1.76. The minimum atomic E-state index is -0.996. The van der Waals surface area contributed by atoms with E-state index in [0.717, 1.165) is 12.1 Å². The third-order valence-electron chi connectivity index (χ3n) is 3.52. The standard InChI is InChI=1S/C15H20F2N2O3/c1-3-15(22,4-2)9-19-13(20)8-18-14(21)11-6-5-10(16)7-12(11)17/h5-7,22H,3-4,8-9H2,1-2H3,(H,18,21)(H,19,20). The van der Waals surface area contributed by atoms with Crippen LogP contribution in [0.25, 0.3) is 0 Å². The zero-order valence-electron chi connectivity index (χ0n) is 12.6. The normalized spacial score (nSPS) is 11.1. The maximum Gasteiger partial charge on any atom is 0.254 e. The molecule has 1 aromatic rings. The van der Waals surface area contributed by atoms with Gasteiger partial charge in [0.1, 0.15) is 11.6 Å². The summed E-state index contributed by atoms with van der Waals surface area (Å²) in [6, 6.07) is 2.56. The molecule has 0 unspecified atom stereocenters. The van der Waals surface area contributed by atoms with Gasteiger partial charge in [-0.05, 0) is 25.0 Å². The molecule has 0 aromatic heterocycles. The van der Waals surface area contributed by atoms with Crippen LogP contribution in [0.4, 0.5) is 8.78 Å². The molecule has 0 saturated heterocycles. The second kappa shape index (κ2) is 7.84. The third kappa shape index (κ3) is 5.07. The van der Waals surface area contributed by atoms with Crippen molar-refractivity contribution < 1.29 is 23.5 Å². The van der Waals surface area contributed by atoms with E-state index in [2.05, 4.69) is 10.6 Å². The van der Waals surface area contributed by atoms with E-state index < -0.39 is 29.0 Å². The molecule has 122 valence electrons. The molecule has 0 bridgehead atoms. The van der Waals surface area contributed by atoms with Gasteiger partial charge in [-0.1, -0.05) is 13.8 Å². The number of carbonyl (C=O) groups is 2. The number of hydrogen-bond donors (Lipinski definition) is 3. The van der Waals surface area contributed by atoms with Crippen molar-refractivity contribution in [2.75, 3.05) is 13.1 Å². The zero-order chi connectivity index (χ0) is 16.8. The van der Waals surface area contributed by atoms with Gasteiger partial charge in [0.05, 0.1) is 17.7 Å². The van der Waals surface area contributed by atoms with Crippen molar-refractivity contribution in [3.8, 4) is 0 Å². The van der Waals surface area contributed by atoms with Crippen molar-refractivity contribution in [2.24, 2.45) is 0 Å². The van der Waals surface area contributed by atoms with Gasteiger partial charge in [-0.25, -0.2) is 8.78 Å². The van der Waals surface area contributed by atoms with Gasteiger partial charge >= 0.3 is 0 Å². The molecule has 5 nitrogen and oxygen atoms in total. The van der Waals surface area contributed by atoms with E-state index in [1.165, 1.54) is 0 Å². The highest BCUT2D eigenvalue weighted by atomic mass is 19.1. The fourth-order valence-electron chi connectivity index (χ4n) is 1.76. The minimum Gasteiger partial charge on any atom is -0.388 e. The van der Waals surface area contributed by atoms with Crippen molar-refractivity contribution >= 4 is 11.8 Å². The lowest BCUT2D eigenvalue weighted by molar-refractivity contribution is -0.121. The number of carbonyl (C=O) groups excluding carboxylic acids is 2. The number of halogens is 2. The predicted molar refractivity (Wildman–Crippen MR) is 77.2 cm³/mol. The topological polar surface area (TPSA) is 78.4 Å². The molecule has 2 amide bonds. The van der Waals surface area contributed by atoms with Gasteiger partial charge in [-0.15, -0.1) is 0 Å². The monoisotopic (exact) mass is 314 g/mol. The Kier molecular flexibility index (Phi) is 6.42. The van der Waals surface area contributed by atoms with Crippen LogP contribution in [0.3, 0.4) is 0 Å². The Morgan fingerprint density at radius 3 is 2.36 bits per heavy atom. The van der Waals surface area contributed by atoms with Crippen molar-refractivity contribution in [3.05, 3.63) is 35.4 Å². The average molecular weight is 314 g/mol. The summed E-state index contributed by atoms with van der Waals surface area (Å²) in [7, 11) is 0. The Bertz CT molecular complexity index is 546. The summed E-state index contributed by atoms with van der Waals surface area (Å²) in [5.41, 5.74) is -1.32. The van der Waals surface area contributed by atoms with Crippen LogP contribution in [0.5, 0.6) is 0 Å². The van der Waals surface area contributed by atoms with Crippen LogP contribution >= 0.6 is 0 Å². The Balaban J connectivity index is 2.48. The first-order valence-electron chi connectivity index (χ1n) is 7.03. The van der Waals surface area contributed by atoms with Gasteiger partial charge in [0.15, 0.2) is 0 Å². The summed E-state index contributed by atoms with van der Waals surface area (Å²) >= 11 is 0. The first-order valence-corrected chi connectivity index (χ1v) is 7.03. The largest absolute Gasteiger partial charge is 0.388 e. The molecule has 22 heavy (non-hydrogen) atoms. The molecular weight excluding hydrogens is 294 g/mol. The lowest BCUT2D eigenvalue weighted by Crippen LogP contribution is -2.45. The van der Waals surface area contributed by atoms with Gasteiger partial charge in [0.25, 0.3) is 5.91 Å². The van der Waals surface area contributed by atoms with E-state index in [0.29, 0.717) is 18.9 Å². The maximum atomic E-state index is 13.4. The summed E-state index contributed by atoms with van der Waals surface area (Å²) < 4.78 is 26.1. The van der Waals surface area contributed by atoms with E-state index in [4.69, 9.17) is 0 Å². The molecule has 0 saturated carbocycles. The molecule has 7 heteroatoms. The number of benzene rings is 1. The number of aliphatic hydroxyl groups is 1. The molecule has 0 spiro atoms. The Labute approximate surface area is 127 Å². The molecule has 0 heterocycles. The number of nitrogens with one attached hydrogen (secondary N) is 2. The smallest absolute Gasteiger partial charge is 0.254 e. The van der Waals surface area contributed by atoms with Crippen molar-refractivity contribution in [3.63, 3.8) is 0 Å². The molecule has 0 aliphatic rings. The number of rotatable bonds is 7. The summed E-state index contributed by atoms with van der Waals surface area (Å²) in [5.74, 6) is -3.10. The highest BCUT2D eigenvalue weighted by molar-refractivity contribution is 5.96. The molecule has 1 rings (SSSR count). The molecule has 0 atom stereocenters. The van der Waals surface area contributed by atoms with Gasteiger partial charge in [0.2, 0.25) is 5.91 Å². The van der Waals surface area contributed by atoms with Crippen LogP contribution in [0.2, 0.25) is 0 Å². The first-order chi connectivity index (χ1) is 10.3. The summed E-state index contributed by atoms with van der Waals surface area (Å²) in [6.45, 7) is 3.31. The second-order valence-corrected chi connectivity index (χ2v) is 5.02. The molecular formula is C15H20F2N2O3. The van der Waals surface area contributed by atoms with Gasteiger partial charge in [-0.2, -0.15) is 0 Å². The summed E-state index contributed by atoms with van der Waals surface area (Å²) in [6.07, 6.45) is 0.966. The highest BCUT2D eigenvalue weighted by Crippen LogP contribution is 2.12. The first kappa shape index (κ1) is 18.0. The molecule has 0 aliphatic carbocycles. The Hall–Kier alpha value is -2.02. The van der Waals surface area contributed by atoms with Crippen molar-refractivity contribution in [1.82, 2.24) is 10.6 Å². The van der Waals surface area contributed by atoms with Crippen LogP contribution in [0.1, 0.15) is 37.0 Å². The van der Waals surface area contributed by atoms with Gasteiger partial charge in [0, 0.05) is 12.6 Å². The predicted octanol–water partition coefficient (Wildman–Crippen LogP) is 1.36. The van der Waals surface area contributed by atoms with Crippen LogP contribution in [-0.4, -0.2) is 35.6 Å². The molecule has 0 radical (unpaired) electrons. The fraction of sp³-hybridized carbons (Fsp3) is 0.467. The Morgan fingerprint density at radius 2 is 1.82 bits per heavy atom. The van der Waals surface area contributed by atoms with E-state index in [1.807, 2.05) is 0 Å². The highest BCUT2D eigenvalue weighted by Gasteiger charge is 2.22. The van der Waals surface area contributed by atoms with E-state index in [-0.39, 0.29) is 18.7 Å². The van der Waals surface area contributed by atoms with Gasteiger partial charge < -0.3 is 15.7 Å². The summed E-state index contributed by atoms with van der Waals surface area (Å²) in [5, 5.41) is 14.7. The average Bonchev–Trinajstić information content (AvgIpc) is 2.50. The molecule has 1 aromatic carbocycles. The molecule has 0 aliphatic heterocycles. The van der Waals surface area contributed by atoms with Crippen molar-refractivity contribution in [2.45, 2.75) is 32.3 Å². The zero-order valence-corrected chi connectivity index (χ0v) is 12.6. The lowest BCUT2D eigenvalue weighted by Gasteiger charge is -2.25. The maximum absolute atomic E-state index is 13.4. The number of amides is 2. The van der Waals surface area contributed by atoms with E-state index in [9.17, 15) is 23.5 Å². The van der Waals surface area contributed by atoms with Crippen molar-refractivity contribution in [1.29, 1.82) is 0 Å².